The average Bonchev–Trinajstić information content (AvgIpc) is 3.32. The Balaban J connectivity index is 1.56. The molecular weight excluding hydrogens is 636 g/mol. The van der Waals surface area contributed by atoms with Gasteiger partial charge in [-0.25, -0.2) is 9.78 Å². The van der Waals surface area contributed by atoms with Gasteiger partial charge in [0.2, 0.25) is 5.16 Å². The van der Waals surface area contributed by atoms with Crippen LogP contribution in [-0.4, -0.2) is 33.4 Å². The molecule has 0 fully saturated rings. The van der Waals surface area contributed by atoms with Gasteiger partial charge in [0.05, 0.1) is 10.7 Å². The zero-order valence-corrected chi connectivity index (χ0v) is 23.2. The number of carbonyl (C=O) groups is 1. The van der Waals surface area contributed by atoms with Crippen LogP contribution in [0.15, 0.2) is 70.7 Å². The minimum absolute atomic E-state index is 0.0410. The summed E-state index contributed by atoms with van der Waals surface area (Å²) < 4.78 is 12.3. The number of aliphatic carboxylic acids is 1. The predicted octanol–water partition coefficient (Wildman–Crippen LogP) is 7.19. The number of nitrogens with one attached hydrogen (secondary N) is 1. The number of aromatic amines is 1. The number of halogens is 3. The number of carboxylic acid groups (broad SMARTS) is 1. The topological polar surface area (TPSA) is 97.3 Å². The molecule has 0 aliphatic rings. The summed E-state index contributed by atoms with van der Waals surface area (Å²) >= 11 is 15.2. The second kappa shape index (κ2) is 12.0. The fourth-order valence-electron chi connectivity index (χ4n) is 3.14. The zero-order valence-electron chi connectivity index (χ0n) is 18.7. The van der Waals surface area contributed by atoms with Crippen molar-refractivity contribution in [2.75, 3.05) is 7.11 Å². The molecule has 7 nitrogen and oxygen atoms in total. The lowest BCUT2D eigenvalue weighted by Crippen LogP contribution is -2.01. The largest absolute Gasteiger partial charge is 0.493 e. The molecule has 184 valence electrons. The van der Waals surface area contributed by atoms with E-state index in [4.69, 9.17) is 32.7 Å². The van der Waals surface area contributed by atoms with E-state index in [0.717, 1.165) is 26.5 Å². The van der Waals surface area contributed by atoms with Gasteiger partial charge in [0.1, 0.15) is 11.5 Å². The quantitative estimate of drug-likeness (QED) is 0.112. The molecule has 0 atom stereocenters. The van der Waals surface area contributed by atoms with E-state index in [1.807, 2.05) is 24.3 Å². The van der Waals surface area contributed by atoms with Gasteiger partial charge in [0.25, 0.3) is 0 Å². The molecule has 0 bridgehead atoms. The number of hydrogen-bond donors (Lipinski definition) is 2. The molecule has 4 rings (SSSR count). The van der Waals surface area contributed by atoms with Gasteiger partial charge in [-0.2, -0.15) is 0 Å². The van der Waals surface area contributed by atoms with Gasteiger partial charge < -0.3 is 14.6 Å². The molecule has 0 saturated heterocycles. The molecule has 1 heterocycles. The number of benzene rings is 3. The maximum absolute atomic E-state index is 12.0. The summed E-state index contributed by atoms with van der Waals surface area (Å²) in [5, 5.41) is 18.2. The van der Waals surface area contributed by atoms with Gasteiger partial charge in [-0.1, -0.05) is 41.4 Å². The highest BCUT2D eigenvalue weighted by Gasteiger charge is 2.17. The lowest BCUT2D eigenvalue weighted by Gasteiger charge is -2.14. The van der Waals surface area contributed by atoms with Crippen LogP contribution < -0.4 is 9.47 Å². The Morgan fingerprint density at radius 2 is 1.92 bits per heavy atom. The maximum Gasteiger partial charge on any atom is 0.342 e. The number of thioether (sulfide) groups is 1. The molecule has 1 aromatic heterocycles. The second-order valence-corrected chi connectivity index (χ2v) is 10.3. The van der Waals surface area contributed by atoms with Gasteiger partial charge in [-0.05, 0) is 88.5 Å². The molecule has 0 radical (unpaired) electrons. The summed E-state index contributed by atoms with van der Waals surface area (Å²) in [7, 11) is 1.53. The monoisotopic (exact) mass is 653 g/mol. The highest BCUT2D eigenvalue weighted by Crippen LogP contribution is 2.37. The van der Waals surface area contributed by atoms with Crippen LogP contribution in [0.2, 0.25) is 10.0 Å². The van der Waals surface area contributed by atoms with Crippen molar-refractivity contribution in [2.24, 2.45) is 0 Å². The van der Waals surface area contributed by atoms with Gasteiger partial charge >= 0.3 is 5.97 Å². The van der Waals surface area contributed by atoms with E-state index in [-0.39, 0.29) is 16.7 Å². The van der Waals surface area contributed by atoms with E-state index in [0.29, 0.717) is 32.9 Å². The Kier molecular flexibility index (Phi) is 8.78. The Morgan fingerprint density at radius 3 is 2.61 bits per heavy atom. The molecule has 0 aliphatic heterocycles. The van der Waals surface area contributed by atoms with E-state index in [1.54, 1.807) is 36.4 Å². The molecule has 36 heavy (non-hydrogen) atoms. The van der Waals surface area contributed by atoms with Crippen LogP contribution in [0, 0.1) is 3.57 Å². The summed E-state index contributed by atoms with van der Waals surface area (Å²) in [5.41, 5.74) is 2.25. The molecular formula is C25H18Cl2IN3O4S. The van der Waals surface area contributed by atoms with Gasteiger partial charge in [-0.3, -0.25) is 5.10 Å². The Hall–Kier alpha value is -2.73. The minimum Gasteiger partial charge on any atom is -0.493 e. The summed E-state index contributed by atoms with van der Waals surface area (Å²) in [6.07, 6.45) is 1.54. The van der Waals surface area contributed by atoms with E-state index < -0.39 is 5.97 Å². The third-order valence-electron chi connectivity index (χ3n) is 4.87. The van der Waals surface area contributed by atoms with Crippen LogP contribution in [0.5, 0.6) is 11.5 Å². The van der Waals surface area contributed by atoms with Gasteiger partial charge in [0.15, 0.2) is 17.3 Å². The molecule has 0 aliphatic carbocycles. The van der Waals surface area contributed by atoms with E-state index in [2.05, 4.69) is 37.8 Å². The third-order valence-corrected chi connectivity index (χ3v) is 7.17. The van der Waals surface area contributed by atoms with Crippen molar-refractivity contribution in [3.05, 3.63) is 90.3 Å². The molecule has 4 aromatic rings. The summed E-state index contributed by atoms with van der Waals surface area (Å²) in [4.78, 5) is 16.4. The lowest BCUT2D eigenvalue weighted by atomic mass is 10.2. The van der Waals surface area contributed by atoms with Crippen molar-refractivity contribution in [1.29, 1.82) is 0 Å². The van der Waals surface area contributed by atoms with Crippen LogP contribution in [0.3, 0.4) is 0 Å². The number of rotatable bonds is 9. The number of methoxy groups -OCH3 is 1. The fourth-order valence-corrected chi connectivity index (χ4v) is 4.95. The maximum atomic E-state index is 12.0. The molecule has 0 saturated carbocycles. The normalized spacial score (nSPS) is 11.4. The molecule has 0 amide bonds. The smallest absolute Gasteiger partial charge is 0.342 e. The standard InChI is InChI=1S/C25H18Cl2IN3O4S/c1-34-20-11-14(10-19(28)22(20)35-13-16-4-2-3-5-18(16)27)12-21(24(32)33)36-25-29-23(30-31-25)15-6-8-17(26)9-7-15/h2-12H,13H2,1H3,(H,32,33)(H,29,30,31)/b21-12-. The van der Waals surface area contributed by atoms with Crippen LogP contribution >= 0.6 is 57.6 Å². The lowest BCUT2D eigenvalue weighted by molar-refractivity contribution is -0.131. The summed E-state index contributed by atoms with van der Waals surface area (Å²) in [6.45, 7) is 0.262. The van der Waals surface area contributed by atoms with Crippen molar-refractivity contribution >= 4 is 69.6 Å². The summed E-state index contributed by atoms with van der Waals surface area (Å²) in [6, 6.07) is 18.0. The first-order valence-electron chi connectivity index (χ1n) is 10.4. The van der Waals surface area contributed by atoms with E-state index >= 15 is 0 Å². The SMILES string of the molecule is COc1cc(/C=C(\Sc2n[nH]c(-c3ccc(Cl)cc3)n2)C(=O)O)cc(I)c1OCc1ccccc1Cl. The van der Waals surface area contributed by atoms with Crippen molar-refractivity contribution in [1.82, 2.24) is 15.2 Å². The van der Waals surface area contributed by atoms with Crippen molar-refractivity contribution < 1.29 is 19.4 Å². The number of hydrogen-bond acceptors (Lipinski definition) is 6. The van der Waals surface area contributed by atoms with Gasteiger partial charge in [-0.15, -0.1) is 5.10 Å². The fraction of sp³-hybridized carbons (Fsp3) is 0.0800. The Bertz CT molecular complexity index is 1430. The number of carboxylic acids is 1. The molecule has 11 heteroatoms. The number of ether oxygens (including phenoxy) is 2. The number of H-pyrrole nitrogens is 1. The summed E-state index contributed by atoms with van der Waals surface area (Å²) in [5.74, 6) is 0.417. The number of nitrogens with zero attached hydrogens (tertiary/aromatic N) is 2. The molecule has 2 N–H and O–H groups in total. The Morgan fingerprint density at radius 1 is 1.17 bits per heavy atom. The highest BCUT2D eigenvalue weighted by atomic mass is 127. The second-order valence-electron chi connectivity index (χ2n) is 7.30. The van der Waals surface area contributed by atoms with Crippen molar-refractivity contribution in [3.8, 4) is 22.9 Å². The first-order valence-corrected chi connectivity index (χ1v) is 13.0. The average molecular weight is 654 g/mol. The van der Waals surface area contributed by atoms with E-state index in [9.17, 15) is 9.90 Å². The third kappa shape index (κ3) is 6.52. The van der Waals surface area contributed by atoms with Crippen molar-refractivity contribution in [3.63, 3.8) is 0 Å². The highest BCUT2D eigenvalue weighted by molar-refractivity contribution is 14.1. The number of aromatic nitrogens is 3. The van der Waals surface area contributed by atoms with Crippen molar-refractivity contribution in [2.45, 2.75) is 11.8 Å². The Labute approximate surface area is 235 Å². The molecule has 3 aromatic carbocycles. The van der Waals surface area contributed by atoms with Crippen LogP contribution in [0.4, 0.5) is 0 Å². The van der Waals surface area contributed by atoms with Crippen LogP contribution in [-0.2, 0) is 11.4 Å². The molecule has 0 unspecified atom stereocenters. The van der Waals surface area contributed by atoms with Gasteiger partial charge in [0, 0.05) is 21.2 Å². The predicted molar refractivity (Wildman–Crippen MR) is 150 cm³/mol. The zero-order chi connectivity index (χ0) is 25.7. The first kappa shape index (κ1) is 26.3. The van der Waals surface area contributed by atoms with Crippen LogP contribution in [0.25, 0.3) is 17.5 Å². The molecule has 0 spiro atoms. The first-order chi connectivity index (χ1) is 17.3. The minimum atomic E-state index is -1.11. The van der Waals surface area contributed by atoms with E-state index in [1.165, 1.54) is 13.2 Å². The van der Waals surface area contributed by atoms with Crippen LogP contribution in [0.1, 0.15) is 11.1 Å².